The van der Waals surface area contributed by atoms with Crippen molar-refractivity contribution in [2.24, 2.45) is 0 Å². The molecule has 8 heteroatoms. The summed E-state index contributed by atoms with van der Waals surface area (Å²) >= 11 is 0. The summed E-state index contributed by atoms with van der Waals surface area (Å²) in [5.41, 5.74) is 3.62. The molecule has 0 spiro atoms. The number of pyridine rings is 1. The summed E-state index contributed by atoms with van der Waals surface area (Å²) in [6, 6.07) is 16.5. The third-order valence-electron chi connectivity index (χ3n) is 4.92. The van der Waals surface area contributed by atoms with E-state index in [-0.39, 0.29) is 17.2 Å². The zero-order valence-corrected chi connectivity index (χ0v) is 17.8. The molecule has 0 aliphatic carbocycles. The maximum absolute atomic E-state index is 13.4. The third-order valence-corrected chi connectivity index (χ3v) is 4.92. The molecule has 0 atom stereocenters. The maximum atomic E-state index is 13.4. The average Bonchev–Trinajstić information content (AvgIpc) is 3.17. The third kappa shape index (κ3) is 4.15. The SMILES string of the molecule is COc1ccc(C)cc1-n1nc(-c2ccc(F)cc2)cc1Nc1nc(C)ccc1C(=O)O. The molecule has 0 saturated heterocycles. The molecule has 0 bridgehead atoms. The minimum absolute atomic E-state index is 0.0305. The van der Waals surface area contributed by atoms with Crippen molar-refractivity contribution in [2.45, 2.75) is 13.8 Å². The van der Waals surface area contributed by atoms with E-state index in [1.807, 2.05) is 25.1 Å². The number of anilines is 2. The van der Waals surface area contributed by atoms with Crippen LogP contribution in [0.15, 0.2) is 60.7 Å². The first kappa shape index (κ1) is 21.0. The highest BCUT2D eigenvalue weighted by molar-refractivity contribution is 5.94. The standard InChI is InChI=1S/C24H21FN4O3/c1-14-4-11-21(32-3)20(12-14)29-22(13-19(28-29)16-6-8-17(25)9-7-16)27-23-18(24(30)31)10-5-15(2)26-23/h4-13H,1-3H3,(H,26,27)(H,30,31). The van der Waals surface area contributed by atoms with Crippen LogP contribution in [0.5, 0.6) is 5.75 Å². The maximum Gasteiger partial charge on any atom is 0.339 e. The smallest absolute Gasteiger partial charge is 0.339 e. The van der Waals surface area contributed by atoms with Crippen LogP contribution in [0, 0.1) is 19.7 Å². The van der Waals surface area contributed by atoms with Gasteiger partial charge in [0.15, 0.2) is 0 Å². The van der Waals surface area contributed by atoms with Gasteiger partial charge in [-0.15, -0.1) is 0 Å². The number of rotatable bonds is 6. The Kier molecular flexibility index (Phi) is 5.59. The van der Waals surface area contributed by atoms with Crippen molar-refractivity contribution < 1.29 is 19.0 Å². The van der Waals surface area contributed by atoms with Crippen LogP contribution in [0.25, 0.3) is 16.9 Å². The Morgan fingerprint density at radius 3 is 2.50 bits per heavy atom. The molecule has 0 unspecified atom stereocenters. The van der Waals surface area contributed by atoms with Gasteiger partial charge in [0, 0.05) is 17.3 Å². The van der Waals surface area contributed by atoms with Gasteiger partial charge in [0.25, 0.3) is 0 Å². The highest BCUT2D eigenvalue weighted by Crippen LogP contribution is 2.32. The van der Waals surface area contributed by atoms with E-state index in [0.29, 0.717) is 34.2 Å². The van der Waals surface area contributed by atoms with E-state index in [9.17, 15) is 14.3 Å². The Bertz CT molecular complexity index is 1300. The van der Waals surface area contributed by atoms with E-state index in [1.54, 1.807) is 43.0 Å². The summed E-state index contributed by atoms with van der Waals surface area (Å²) in [5.74, 6) is -0.187. The van der Waals surface area contributed by atoms with Crippen molar-refractivity contribution >= 4 is 17.6 Å². The number of carboxylic acid groups (broad SMARTS) is 1. The highest BCUT2D eigenvalue weighted by Gasteiger charge is 2.19. The summed E-state index contributed by atoms with van der Waals surface area (Å²) < 4.78 is 20.6. The lowest BCUT2D eigenvalue weighted by Crippen LogP contribution is -2.09. The Hall–Kier alpha value is -4.20. The van der Waals surface area contributed by atoms with Crippen LogP contribution in [0.3, 0.4) is 0 Å². The second-order valence-corrected chi connectivity index (χ2v) is 7.29. The Morgan fingerprint density at radius 2 is 1.81 bits per heavy atom. The quantitative estimate of drug-likeness (QED) is 0.439. The summed E-state index contributed by atoms with van der Waals surface area (Å²) in [6.45, 7) is 3.73. The zero-order chi connectivity index (χ0) is 22.8. The van der Waals surface area contributed by atoms with E-state index in [0.717, 1.165) is 5.56 Å². The number of ether oxygens (including phenoxy) is 1. The van der Waals surface area contributed by atoms with E-state index < -0.39 is 5.97 Å². The average molecular weight is 432 g/mol. The van der Waals surface area contributed by atoms with Gasteiger partial charge >= 0.3 is 5.97 Å². The second-order valence-electron chi connectivity index (χ2n) is 7.29. The second kappa shape index (κ2) is 8.50. The van der Waals surface area contributed by atoms with Gasteiger partial charge in [0.05, 0.1) is 12.8 Å². The molecule has 0 radical (unpaired) electrons. The van der Waals surface area contributed by atoms with Crippen molar-refractivity contribution in [1.29, 1.82) is 0 Å². The molecule has 2 heterocycles. The molecule has 2 aromatic carbocycles. The summed E-state index contributed by atoms with van der Waals surface area (Å²) in [7, 11) is 1.57. The molecule has 0 saturated carbocycles. The van der Waals surface area contributed by atoms with Crippen molar-refractivity contribution in [1.82, 2.24) is 14.8 Å². The van der Waals surface area contributed by atoms with Crippen molar-refractivity contribution in [3.63, 3.8) is 0 Å². The lowest BCUT2D eigenvalue weighted by molar-refractivity contribution is 0.0697. The van der Waals surface area contributed by atoms with Crippen molar-refractivity contribution in [2.75, 3.05) is 12.4 Å². The van der Waals surface area contributed by atoms with Crippen LogP contribution >= 0.6 is 0 Å². The number of carboxylic acids is 1. The van der Waals surface area contributed by atoms with Crippen molar-refractivity contribution in [3.8, 4) is 22.7 Å². The fraction of sp³-hybridized carbons (Fsp3) is 0.125. The number of aryl methyl sites for hydroxylation is 2. The largest absolute Gasteiger partial charge is 0.494 e. The molecule has 7 nitrogen and oxygen atoms in total. The number of hydrogen-bond acceptors (Lipinski definition) is 5. The van der Waals surface area contributed by atoms with Crippen LogP contribution in [-0.4, -0.2) is 33.0 Å². The van der Waals surface area contributed by atoms with Crippen LogP contribution in [-0.2, 0) is 0 Å². The first-order valence-electron chi connectivity index (χ1n) is 9.84. The number of methoxy groups -OCH3 is 1. The number of halogens is 1. The summed E-state index contributed by atoms with van der Waals surface area (Å²) in [6.07, 6.45) is 0. The van der Waals surface area contributed by atoms with E-state index in [4.69, 9.17) is 9.84 Å². The predicted molar refractivity (Wildman–Crippen MR) is 119 cm³/mol. The van der Waals surface area contributed by atoms with E-state index >= 15 is 0 Å². The lowest BCUT2D eigenvalue weighted by Gasteiger charge is -2.14. The number of nitrogens with zero attached hydrogens (tertiary/aromatic N) is 3. The summed E-state index contributed by atoms with van der Waals surface area (Å²) in [5, 5.41) is 17.4. The summed E-state index contributed by atoms with van der Waals surface area (Å²) in [4.78, 5) is 16.1. The number of benzene rings is 2. The number of nitrogens with one attached hydrogen (secondary N) is 1. The molecule has 0 amide bonds. The van der Waals surface area contributed by atoms with Gasteiger partial charge in [-0.2, -0.15) is 5.10 Å². The fourth-order valence-electron chi connectivity index (χ4n) is 3.33. The van der Waals surface area contributed by atoms with Gasteiger partial charge in [-0.1, -0.05) is 6.07 Å². The Balaban J connectivity index is 1.90. The van der Waals surface area contributed by atoms with Gasteiger partial charge in [-0.25, -0.2) is 18.9 Å². The molecular formula is C24H21FN4O3. The van der Waals surface area contributed by atoms with Crippen LogP contribution < -0.4 is 10.1 Å². The Labute approximate surface area is 184 Å². The molecule has 4 rings (SSSR count). The molecule has 2 N–H and O–H groups in total. The molecule has 2 aromatic heterocycles. The number of hydrogen-bond donors (Lipinski definition) is 2. The minimum Gasteiger partial charge on any atom is -0.494 e. The lowest BCUT2D eigenvalue weighted by atomic mass is 10.1. The molecule has 32 heavy (non-hydrogen) atoms. The number of aromatic carboxylic acids is 1. The van der Waals surface area contributed by atoms with Gasteiger partial charge < -0.3 is 15.2 Å². The normalized spacial score (nSPS) is 10.8. The van der Waals surface area contributed by atoms with Crippen LogP contribution in [0.4, 0.5) is 16.0 Å². The fourth-order valence-corrected chi connectivity index (χ4v) is 3.33. The predicted octanol–water partition coefficient (Wildman–Crippen LogP) is 5.14. The molecular weight excluding hydrogens is 411 g/mol. The van der Waals surface area contributed by atoms with E-state index in [2.05, 4.69) is 10.3 Å². The molecule has 4 aromatic rings. The molecule has 162 valence electrons. The first-order chi connectivity index (χ1) is 15.4. The molecule has 0 fully saturated rings. The highest BCUT2D eigenvalue weighted by atomic mass is 19.1. The number of aromatic nitrogens is 3. The monoisotopic (exact) mass is 432 g/mol. The molecule has 0 aliphatic rings. The van der Waals surface area contributed by atoms with Gasteiger partial charge in [0.1, 0.15) is 34.5 Å². The van der Waals surface area contributed by atoms with Gasteiger partial charge in [0.2, 0.25) is 0 Å². The first-order valence-corrected chi connectivity index (χ1v) is 9.84. The number of carbonyl (C=O) groups is 1. The minimum atomic E-state index is -1.10. The van der Waals surface area contributed by atoms with Crippen molar-refractivity contribution in [3.05, 3.63) is 83.3 Å². The van der Waals surface area contributed by atoms with Gasteiger partial charge in [-0.05, 0) is 67.9 Å². The zero-order valence-electron chi connectivity index (χ0n) is 17.8. The van der Waals surface area contributed by atoms with E-state index in [1.165, 1.54) is 18.2 Å². The van der Waals surface area contributed by atoms with Crippen LogP contribution in [0.1, 0.15) is 21.6 Å². The van der Waals surface area contributed by atoms with Gasteiger partial charge in [-0.3, -0.25) is 0 Å². The Morgan fingerprint density at radius 1 is 1.06 bits per heavy atom. The topological polar surface area (TPSA) is 89.3 Å². The molecule has 0 aliphatic heterocycles. The van der Waals surface area contributed by atoms with Crippen LogP contribution in [0.2, 0.25) is 0 Å².